The molecule has 0 radical (unpaired) electrons. The number of halogens is 2. The molecule has 0 spiro atoms. The van der Waals surface area contributed by atoms with E-state index < -0.39 is 0 Å². The number of benzene rings is 2. The maximum absolute atomic E-state index is 6.35. The predicted octanol–water partition coefficient (Wildman–Crippen LogP) is 5.27. The van der Waals surface area contributed by atoms with Crippen molar-refractivity contribution in [2.24, 2.45) is 5.73 Å². The van der Waals surface area contributed by atoms with Crippen LogP contribution < -0.4 is 5.73 Å². The van der Waals surface area contributed by atoms with Crippen molar-refractivity contribution in [2.75, 3.05) is 0 Å². The van der Waals surface area contributed by atoms with E-state index in [0.717, 1.165) is 16.5 Å². The number of nitrogens with two attached hydrogens (primary N) is 1. The highest BCUT2D eigenvalue weighted by Gasteiger charge is 2.12. The molecular weight excluding hydrogens is 334 g/mol. The van der Waals surface area contributed by atoms with Gasteiger partial charge in [0, 0.05) is 10.5 Å². The standard InChI is InChI=1S/C17H19BrClN/c1-10-6-11(2)14(12(3)7-10)9-17(20)13-4-5-15(18)16(19)8-13/h4-8,17H,9,20H2,1-3H3. The normalized spacial score (nSPS) is 12.5. The van der Waals surface area contributed by atoms with Crippen molar-refractivity contribution < 1.29 is 0 Å². The molecule has 2 aromatic rings. The van der Waals surface area contributed by atoms with Gasteiger partial charge < -0.3 is 5.73 Å². The molecule has 0 saturated heterocycles. The molecule has 106 valence electrons. The molecule has 0 fully saturated rings. The van der Waals surface area contributed by atoms with Gasteiger partial charge >= 0.3 is 0 Å². The Morgan fingerprint density at radius 2 is 1.70 bits per heavy atom. The van der Waals surface area contributed by atoms with Gasteiger partial charge in [0.1, 0.15) is 0 Å². The third-order valence-electron chi connectivity index (χ3n) is 3.64. The summed E-state index contributed by atoms with van der Waals surface area (Å²) in [4.78, 5) is 0. The minimum absolute atomic E-state index is 0.0410. The SMILES string of the molecule is Cc1cc(C)c(CC(N)c2ccc(Br)c(Cl)c2)c(C)c1. The van der Waals surface area contributed by atoms with E-state index in [1.165, 1.54) is 22.3 Å². The zero-order chi connectivity index (χ0) is 14.9. The van der Waals surface area contributed by atoms with Gasteiger partial charge in [-0.15, -0.1) is 0 Å². The third kappa shape index (κ3) is 3.43. The molecular formula is C17H19BrClN. The van der Waals surface area contributed by atoms with Crippen LogP contribution in [0.2, 0.25) is 5.02 Å². The molecule has 0 aliphatic carbocycles. The van der Waals surface area contributed by atoms with Crippen LogP contribution in [0.25, 0.3) is 0 Å². The number of hydrogen-bond acceptors (Lipinski definition) is 1. The van der Waals surface area contributed by atoms with Gasteiger partial charge in [0.2, 0.25) is 0 Å². The summed E-state index contributed by atoms with van der Waals surface area (Å²) >= 11 is 9.55. The molecule has 2 aromatic carbocycles. The number of hydrogen-bond donors (Lipinski definition) is 1. The minimum atomic E-state index is -0.0410. The monoisotopic (exact) mass is 351 g/mol. The summed E-state index contributed by atoms with van der Waals surface area (Å²) in [5, 5.41) is 0.704. The molecule has 0 aliphatic heterocycles. The molecule has 0 bridgehead atoms. The van der Waals surface area contributed by atoms with E-state index in [1.807, 2.05) is 18.2 Å². The second-order valence-electron chi connectivity index (χ2n) is 5.36. The van der Waals surface area contributed by atoms with E-state index in [2.05, 4.69) is 48.8 Å². The van der Waals surface area contributed by atoms with Crippen molar-refractivity contribution >= 4 is 27.5 Å². The quantitative estimate of drug-likeness (QED) is 0.800. The van der Waals surface area contributed by atoms with Crippen molar-refractivity contribution in [2.45, 2.75) is 33.2 Å². The zero-order valence-corrected chi connectivity index (χ0v) is 14.3. The van der Waals surface area contributed by atoms with Gasteiger partial charge in [0.15, 0.2) is 0 Å². The van der Waals surface area contributed by atoms with Crippen LogP contribution in [-0.2, 0) is 6.42 Å². The van der Waals surface area contributed by atoms with Crippen LogP contribution in [-0.4, -0.2) is 0 Å². The maximum Gasteiger partial charge on any atom is 0.0551 e. The lowest BCUT2D eigenvalue weighted by molar-refractivity contribution is 0.715. The van der Waals surface area contributed by atoms with Gasteiger partial charge in [0.25, 0.3) is 0 Å². The van der Waals surface area contributed by atoms with Gasteiger partial charge in [0.05, 0.1) is 5.02 Å². The van der Waals surface area contributed by atoms with Crippen LogP contribution in [0.4, 0.5) is 0 Å². The Balaban J connectivity index is 2.27. The molecule has 2 N–H and O–H groups in total. The molecule has 1 unspecified atom stereocenters. The fourth-order valence-electron chi connectivity index (χ4n) is 2.61. The Labute approximate surface area is 134 Å². The lowest BCUT2D eigenvalue weighted by atomic mass is 9.92. The van der Waals surface area contributed by atoms with Gasteiger partial charge in [-0.2, -0.15) is 0 Å². The van der Waals surface area contributed by atoms with Gasteiger partial charge in [-0.3, -0.25) is 0 Å². The lowest BCUT2D eigenvalue weighted by Crippen LogP contribution is -2.15. The van der Waals surface area contributed by atoms with Crippen molar-refractivity contribution in [3.05, 3.63) is 67.6 Å². The highest BCUT2D eigenvalue weighted by molar-refractivity contribution is 9.10. The highest BCUT2D eigenvalue weighted by Crippen LogP contribution is 2.28. The predicted molar refractivity (Wildman–Crippen MR) is 90.4 cm³/mol. The summed E-state index contributed by atoms with van der Waals surface area (Å²) < 4.78 is 0.901. The van der Waals surface area contributed by atoms with E-state index in [4.69, 9.17) is 17.3 Å². The first-order chi connectivity index (χ1) is 9.38. The maximum atomic E-state index is 6.35. The molecule has 1 nitrogen and oxygen atoms in total. The Morgan fingerprint density at radius 3 is 2.25 bits per heavy atom. The fraction of sp³-hybridized carbons (Fsp3) is 0.294. The van der Waals surface area contributed by atoms with E-state index >= 15 is 0 Å². The fourth-order valence-corrected chi connectivity index (χ4v) is 3.05. The molecule has 0 saturated carbocycles. The van der Waals surface area contributed by atoms with E-state index in [1.54, 1.807) is 0 Å². The van der Waals surface area contributed by atoms with Crippen LogP contribution in [0.15, 0.2) is 34.8 Å². The molecule has 3 heteroatoms. The Hall–Kier alpha value is -0.830. The summed E-state index contributed by atoms with van der Waals surface area (Å²) in [6, 6.07) is 10.3. The largest absolute Gasteiger partial charge is 0.324 e. The first kappa shape index (κ1) is 15.6. The minimum Gasteiger partial charge on any atom is -0.324 e. The number of rotatable bonds is 3. The van der Waals surface area contributed by atoms with Gasteiger partial charge in [-0.05, 0) is 77.5 Å². The average molecular weight is 353 g/mol. The highest BCUT2D eigenvalue weighted by atomic mass is 79.9. The van der Waals surface area contributed by atoms with E-state index in [-0.39, 0.29) is 6.04 Å². The van der Waals surface area contributed by atoms with Crippen LogP contribution >= 0.6 is 27.5 Å². The van der Waals surface area contributed by atoms with Crippen molar-refractivity contribution in [3.63, 3.8) is 0 Å². The molecule has 1 atom stereocenters. The zero-order valence-electron chi connectivity index (χ0n) is 12.0. The molecule has 0 amide bonds. The average Bonchev–Trinajstić information content (AvgIpc) is 2.36. The van der Waals surface area contributed by atoms with Crippen molar-refractivity contribution in [1.82, 2.24) is 0 Å². The Kier molecular flexibility index (Phi) is 4.90. The van der Waals surface area contributed by atoms with Crippen molar-refractivity contribution in [3.8, 4) is 0 Å². The molecule has 2 rings (SSSR count). The van der Waals surface area contributed by atoms with Crippen LogP contribution in [0.5, 0.6) is 0 Å². The first-order valence-electron chi connectivity index (χ1n) is 6.65. The molecule has 20 heavy (non-hydrogen) atoms. The van der Waals surface area contributed by atoms with Gasteiger partial charge in [-0.25, -0.2) is 0 Å². The van der Waals surface area contributed by atoms with E-state index in [9.17, 15) is 0 Å². The first-order valence-corrected chi connectivity index (χ1v) is 7.83. The summed E-state index contributed by atoms with van der Waals surface area (Å²) in [6.45, 7) is 6.42. The molecule has 0 heterocycles. The lowest BCUT2D eigenvalue weighted by Gasteiger charge is -2.17. The smallest absolute Gasteiger partial charge is 0.0551 e. The summed E-state index contributed by atoms with van der Waals surface area (Å²) in [7, 11) is 0. The summed E-state index contributed by atoms with van der Waals surface area (Å²) in [6.07, 6.45) is 0.829. The second kappa shape index (κ2) is 6.30. The Morgan fingerprint density at radius 1 is 1.10 bits per heavy atom. The summed E-state index contributed by atoms with van der Waals surface area (Å²) in [5.41, 5.74) is 12.7. The van der Waals surface area contributed by atoms with Crippen molar-refractivity contribution in [1.29, 1.82) is 0 Å². The topological polar surface area (TPSA) is 26.0 Å². The third-order valence-corrected chi connectivity index (χ3v) is 4.87. The number of aryl methyl sites for hydroxylation is 3. The van der Waals surface area contributed by atoms with Crippen LogP contribution in [0, 0.1) is 20.8 Å². The van der Waals surface area contributed by atoms with Gasteiger partial charge in [-0.1, -0.05) is 35.4 Å². The Bertz CT molecular complexity index is 614. The molecule has 0 aromatic heterocycles. The summed E-state index contributed by atoms with van der Waals surface area (Å²) in [5.74, 6) is 0. The van der Waals surface area contributed by atoms with E-state index in [0.29, 0.717) is 5.02 Å². The molecule has 0 aliphatic rings. The second-order valence-corrected chi connectivity index (χ2v) is 6.62. The van der Waals surface area contributed by atoms with Crippen LogP contribution in [0.1, 0.15) is 33.9 Å². The van der Waals surface area contributed by atoms with Crippen LogP contribution in [0.3, 0.4) is 0 Å².